The fourth-order valence-corrected chi connectivity index (χ4v) is 1.49. The molecule has 7 heteroatoms. The number of carbonyl (C=O) groups excluding carboxylic acids is 1. The average molecular weight is 240 g/mol. The first-order valence-electron chi connectivity index (χ1n) is 5.55. The zero-order valence-electron chi connectivity index (χ0n) is 9.73. The minimum absolute atomic E-state index is 0.0877. The predicted molar refractivity (Wildman–Crippen MR) is 58.2 cm³/mol. The van der Waals surface area contributed by atoms with Crippen molar-refractivity contribution in [2.75, 3.05) is 26.2 Å². The van der Waals surface area contributed by atoms with E-state index in [0.717, 1.165) is 13.1 Å². The molecule has 0 unspecified atom stereocenters. The van der Waals surface area contributed by atoms with Crippen LogP contribution in [0, 0.1) is 0 Å². The molecule has 1 aromatic rings. The number of carbonyl (C=O) groups is 1. The maximum Gasteiger partial charge on any atom is 0.246 e. The van der Waals surface area contributed by atoms with Crippen LogP contribution in [0.25, 0.3) is 0 Å². The molecule has 0 radical (unpaired) electrons. The van der Waals surface area contributed by atoms with E-state index in [-0.39, 0.29) is 18.1 Å². The van der Waals surface area contributed by atoms with Gasteiger partial charge >= 0.3 is 0 Å². The van der Waals surface area contributed by atoms with E-state index >= 15 is 0 Å². The number of hydrogen-bond acceptors (Lipinski definition) is 6. The maximum absolute atomic E-state index is 11.4. The Bertz CT molecular complexity index is 362. The zero-order valence-corrected chi connectivity index (χ0v) is 9.73. The summed E-state index contributed by atoms with van der Waals surface area (Å²) in [5.74, 6) is 0.461. The molecule has 2 N–H and O–H groups in total. The predicted octanol–water partition coefficient (Wildman–Crippen LogP) is -0.893. The molecule has 0 saturated carbocycles. The molecule has 0 bridgehead atoms. The molecule has 7 nitrogen and oxygen atoms in total. The highest BCUT2D eigenvalue weighted by Gasteiger charge is 2.32. The number of aromatic nitrogens is 2. The van der Waals surface area contributed by atoms with Crippen molar-refractivity contribution >= 4 is 5.91 Å². The van der Waals surface area contributed by atoms with Crippen LogP contribution in [0.2, 0.25) is 0 Å². The van der Waals surface area contributed by atoms with Crippen molar-refractivity contribution < 1.29 is 14.1 Å². The first kappa shape index (κ1) is 12.0. The molecule has 17 heavy (non-hydrogen) atoms. The molecule has 2 rings (SSSR count). The van der Waals surface area contributed by atoms with E-state index in [4.69, 9.17) is 4.74 Å². The highest BCUT2D eigenvalue weighted by molar-refractivity contribution is 5.77. The molecule has 0 atom stereocenters. The standard InChI is InChI=1S/C10H16N4O3/c1-10(5-11-6-10)16-4-9(15)12-3-2-8-13-7-17-14-8/h7,11H,2-6H2,1H3,(H,12,15). The zero-order chi connectivity index (χ0) is 12.1. The third-order valence-electron chi connectivity index (χ3n) is 2.63. The van der Waals surface area contributed by atoms with Crippen molar-refractivity contribution in [3.63, 3.8) is 0 Å². The van der Waals surface area contributed by atoms with E-state index in [0.29, 0.717) is 18.8 Å². The molecule has 1 saturated heterocycles. The van der Waals surface area contributed by atoms with Gasteiger partial charge in [-0.2, -0.15) is 4.98 Å². The van der Waals surface area contributed by atoms with E-state index in [1.54, 1.807) is 0 Å². The number of amides is 1. The lowest BCUT2D eigenvalue weighted by molar-refractivity contribution is -0.135. The number of ether oxygens (including phenoxy) is 1. The lowest BCUT2D eigenvalue weighted by atomic mass is 10.0. The lowest BCUT2D eigenvalue weighted by Crippen LogP contribution is -2.59. The summed E-state index contributed by atoms with van der Waals surface area (Å²) in [5.41, 5.74) is -0.189. The van der Waals surface area contributed by atoms with Crippen LogP contribution in [0.5, 0.6) is 0 Å². The molecule has 0 aliphatic carbocycles. The molecule has 1 aliphatic rings. The molecule has 1 aliphatic heterocycles. The topological polar surface area (TPSA) is 89.3 Å². The summed E-state index contributed by atoms with van der Waals surface area (Å²) in [6, 6.07) is 0. The molecule has 1 amide bonds. The Balaban J connectivity index is 1.58. The Morgan fingerprint density at radius 2 is 2.53 bits per heavy atom. The number of nitrogens with one attached hydrogen (secondary N) is 2. The van der Waals surface area contributed by atoms with Crippen molar-refractivity contribution in [3.05, 3.63) is 12.2 Å². The van der Waals surface area contributed by atoms with Gasteiger partial charge in [-0.3, -0.25) is 4.79 Å². The minimum atomic E-state index is -0.189. The average Bonchev–Trinajstić information content (AvgIpc) is 2.77. The SMILES string of the molecule is CC1(OCC(=O)NCCc2ncon2)CNC1. The third-order valence-corrected chi connectivity index (χ3v) is 2.63. The Hall–Kier alpha value is -1.47. The van der Waals surface area contributed by atoms with Crippen LogP contribution in [-0.4, -0.2) is 47.9 Å². The Morgan fingerprint density at radius 1 is 1.71 bits per heavy atom. The summed E-state index contributed by atoms with van der Waals surface area (Å²) < 4.78 is 10.1. The monoisotopic (exact) mass is 240 g/mol. The van der Waals surface area contributed by atoms with Gasteiger partial charge in [0.1, 0.15) is 6.61 Å². The highest BCUT2D eigenvalue weighted by Crippen LogP contribution is 2.14. The second-order valence-electron chi connectivity index (χ2n) is 4.29. The smallest absolute Gasteiger partial charge is 0.246 e. The molecule has 2 heterocycles. The number of hydrogen-bond donors (Lipinski definition) is 2. The van der Waals surface area contributed by atoms with Crippen LogP contribution in [0.3, 0.4) is 0 Å². The molecule has 0 spiro atoms. The van der Waals surface area contributed by atoms with Gasteiger partial charge in [-0.05, 0) is 6.92 Å². The lowest BCUT2D eigenvalue weighted by Gasteiger charge is -2.38. The van der Waals surface area contributed by atoms with Gasteiger partial charge in [-0.1, -0.05) is 5.16 Å². The van der Waals surface area contributed by atoms with Crippen molar-refractivity contribution in [2.24, 2.45) is 0 Å². The third kappa shape index (κ3) is 3.50. The van der Waals surface area contributed by atoms with E-state index in [2.05, 4.69) is 25.3 Å². The van der Waals surface area contributed by atoms with Crippen molar-refractivity contribution in [2.45, 2.75) is 18.9 Å². The van der Waals surface area contributed by atoms with E-state index in [1.807, 2.05) is 6.92 Å². The van der Waals surface area contributed by atoms with Crippen LogP contribution < -0.4 is 10.6 Å². The first-order valence-corrected chi connectivity index (χ1v) is 5.55. The second kappa shape index (κ2) is 5.24. The van der Waals surface area contributed by atoms with Gasteiger partial charge in [0.2, 0.25) is 12.3 Å². The van der Waals surface area contributed by atoms with Crippen molar-refractivity contribution in [1.29, 1.82) is 0 Å². The van der Waals surface area contributed by atoms with Crippen molar-refractivity contribution in [1.82, 2.24) is 20.8 Å². The van der Waals surface area contributed by atoms with Gasteiger partial charge in [0.05, 0.1) is 5.60 Å². The molecule has 94 valence electrons. The minimum Gasteiger partial charge on any atom is -0.363 e. The highest BCUT2D eigenvalue weighted by atomic mass is 16.5. The van der Waals surface area contributed by atoms with E-state index in [1.165, 1.54) is 6.39 Å². The van der Waals surface area contributed by atoms with Crippen LogP contribution in [0.4, 0.5) is 0 Å². The van der Waals surface area contributed by atoms with Crippen molar-refractivity contribution in [3.8, 4) is 0 Å². The van der Waals surface area contributed by atoms with Gasteiger partial charge in [0, 0.05) is 26.1 Å². The van der Waals surface area contributed by atoms with Gasteiger partial charge in [0.15, 0.2) is 5.82 Å². The van der Waals surface area contributed by atoms with Gasteiger partial charge in [0.25, 0.3) is 0 Å². The van der Waals surface area contributed by atoms with Gasteiger partial charge in [-0.15, -0.1) is 0 Å². The first-order chi connectivity index (χ1) is 8.18. The summed E-state index contributed by atoms with van der Waals surface area (Å²) in [4.78, 5) is 15.3. The Kier molecular flexibility index (Phi) is 3.70. The van der Waals surface area contributed by atoms with E-state index in [9.17, 15) is 4.79 Å². The molecule has 0 aromatic carbocycles. The second-order valence-corrected chi connectivity index (χ2v) is 4.29. The summed E-state index contributed by atoms with van der Waals surface area (Å²) >= 11 is 0. The van der Waals surface area contributed by atoms with Crippen LogP contribution in [0.15, 0.2) is 10.9 Å². The van der Waals surface area contributed by atoms with Crippen LogP contribution in [-0.2, 0) is 16.0 Å². The number of nitrogens with zero attached hydrogens (tertiary/aromatic N) is 2. The Labute approximate surface area is 98.9 Å². The normalized spacial score (nSPS) is 17.5. The molecule has 1 aromatic heterocycles. The maximum atomic E-state index is 11.4. The summed E-state index contributed by atoms with van der Waals surface area (Å²) in [6.07, 6.45) is 1.83. The Morgan fingerprint density at radius 3 is 3.12 bits per heavy atom. The fraction of sp³-hybridized carbons (Fsp3) is 0.700. The number of rotatable bonds is 6. The van der Waals surface area contributed by atoms with Crippen LogP contribution in [0.1, 0.15) is 12.7 Å². The molecular weight excluding hydrogens is 224 g/mol. The van der Waals surface area contributed by atoms with Gasteiger partial charge in [-0.25, -0.2) is 0 Å². The van der Waals surface area contributed by atoms with Crippen LogP contribution >= 0.6 is 0 Å². The largest absolute Gasteiger partial charge is 0.363 e. The molecule has 1 fully saturated rings. The molecular formula is C10H16N4O3. The summed E-state index contributed by atoms with van der Waals surface area (Å²) in [6.45, 7) is 4.14. The fourth-order valence-electron chi connectivity index (χ4n) is 1.49. The summed E-state index contributed by atoms with van der Waals surface area (Å²) in [7, 11) is 0. The summed E-state index contributed by atoms with van der Waals surface area (Å²) in [5, 5.41) is 9.48. The van der Waals surface area contributed by atoms with Gasteiger partial charge < -0.3 is 19.9 Å². The van der Waals surface area contributed by atoms with E-state index < -0.39 is 0 Å². The quantitative estimate of drug-likeness (QED) is 0.670.